The van der Waals surface area contributed by atoms with Gasteiger partial charge >= 0.3 is 122 Å². The zero-order chi connectivity index (χ0) is 32.4. The van der Waals surface area contributed by atoms with Crippen molar-refractivity contribution >= 4 is 33.8 Å². The van der Waals surface area contributed by atoms with Crippen LogP contribution in [0.3, 0.4) is 0 Å². The molecular formula is C42H39IrN3Se-2. The molecule has 0 aliphatic heterocycles. The van der Waals surface area contributed by atoms with Gasteiger partial charge in [0.1, 0.15) is 0 Å². The third kappa shape index (κ3) is 8.06. The summed E-state index contributed by atoms with van der Waals surface area (Å²) in [4.78, 5) is 13.3. The van der Waals surface area contributed by atoms with E-state index >= 15 is 0 Å². The minimum Gasteiger partial charge on any atom is -0.304 e. The summed E-state index contributed by atoms with van der Waals surface area (Å²) in [6.07, 6.45) is 9.88. The molecule has 7 aromatic rings. The molecule has 4 aromatic heterocycles. The van der Waals surface area contributed by atoms with Gasteiger partial charge in [-0.1, -0.05) is 69.2 Å². The monoisotopic (exact) mass is 858 g/mol. The molecule has 0 saturated heterocycles. The van der Waals surface area contributed by atoms with E-state index in [1.54, 1.807) is 6.20 Å². The third-order valence-electron chi connectivity index (χ3n) is 8.30. The van der Waals surface area contributed by atoms with Crippen molar-refractivity contribution in [2.45, 2.75) is 54.9 Å². The van der Waals surface area contributed by atoms with Crippen LogP contribution in [0.2, 0.25) is 0 Å². The maximum atomic E-state index is 4.61. The van der Waals surface area contributed by atoms with Crippen molar-refractivity contribution in [2.75, 3.05) is 0 Å². The first-order valence-corrected chi connectivity index (χ1v) is 17.4. The van der Waals surface area contributed by atoms with Gasteiger partial charge in [0.25, 0.3) is 0 Å². The van der Waals surface area contributed by atoms with Crippen LogP contribution in [-0.2, 0) is 26.5 Å². The Morgan fingerprint density at radius 3 is 2.17 bits per heavy atom. The molecule has 47 heavy (non-hydrogen) atoms. The summed E-state index contributed by atoms with van der Waals surface area (Å²) < 4.78 is 2.81. The van der Waals surface area contributed by atoms with Crippen LogP contribution in [0.1, 0.15) is 48.6 Å². The predicted molar refractivity (Wildman–Crippen MR) is 194 cm³/mol. The number of hydrogen-bond donors (Lipinski definition) is 0. The molecule has 0 amide bonds. The molecule has 239 valence electrons. The first-order valence-electron chi connectivity index (χ1n) is 15.7. The van der Waals surface area contributed by atoms with Gasteiger partial charge < -0.3 is 4.98 Å². The number of benzene rings is 3. The van der Waals surface area contributed by atoms with E-state index in [0.29, 0.717) is 19.9 Å². The summed E-state index contributed by atoms with van der Waals surface area (Å²) in [5.74, 6) is 0. The molecule has 0 aliphatic carbocycles. The predicted octanol–water partition coefficient (Wildman–Crippen LogP) is 10.3. The molecule has 0 spiro atoms. The number of pyridine rings is 3. The summed E-state index contributed by atoms with van der Waals surface area (Å²) in [5.41, 5.74) is 13.1. The van der Waals surface area contributed by atoms with Gasteiger partial charge in [-0.05, 0) is 48.1 Å². The van der Waals surface area contributed by atoms with Crippen molar-refractivity contribution in [1.82, 2.24) is 15.0 Å². The Morgan fingerprint density at radius 2 is 1.45 bits per heavy atom. The van der Waals surface area contributed by atoms with Crippen LogP contribution >= 0.6 is 0 Å². The summed E-state index contributed by atoms with van der Waals surface area (Å²) in [5, 5.41) is 2.68. The van der Waals surface area contributed by atoms with Gasteiger partial charge in [-0.3, -0.25) is 0 Å². The van der Waals surface area contributed by atoms with Crippen LogP contribution in [0.5, 0.6) is 0 Å². The average molecular weight is 857 g/mol. The van der Waals surface area contributed by atoms with Crippen LogP contribution in [-0.4, -0.2) is 29.5 Å². The Labute approximate surface area is 298 Å². The van der Waals surface area contributed by atoms with E-state index in [-0.39, 0.29) is 20.1 Å². The number of aromatic nitrogens is 3. The molecule has 3 nitrogen and oxygen atoms in total. The van der Waals surface area contributed by atoms with E-state index in [1.807, 2.05) is 18.5 Å². The molecule has 0 aliphatic rings. The number of hydrogen-bond acceptors (Lipinski definition) is 3. The quantitative estimate of drug-likeness (QED) is 0.131. The van der Waals surface area contributed by atoms with Crippen molar-refractivity contribution in [3.63, 3.8) is 0 Å². The second-order valence-corrected chi connectivity index (χ2v) is 15.6. The fourth-order valence-corrected chi connectivity index (χ4v) is 7.87. The SMILES string of the molecule is Cc1ccn[c-]c1-c1cc2c(cn1)[se]c1ccccc12.Cc1cnc(-c2[c-]cc(C)c(-c3ccc(CC(C)(C)C)cc3)c2)cc1C.[Ir]. The van der Waals surface area contributed by atoms with Crippen LogP contribution in [0, 0.1) is 45.4 Å². The molecule has 1 radical (unpaired) electrons. The van der Waals surface area contributed by atoms with Gasteiger partial charge in [0, 0.05) is 26.3 Å². The van der Waals surface area contributed by atoms with Crippen molar-refractivity contribution in [2.24, 2.45) is 5.41 Å². The zero-order valence-corrected chi connectivity index (χ0v) is 32.1. The second-order valence-electron chi connectivity index (χ2n) is 13.3. The molecule has 5 heteroatoms. The minimum atomic E-state index is 0. The van der Waals surface area contributed by atoms with Crippen LogP contribution in [0.4, 0.5) is 0 Å². The fourth-order valence-electron chi connectivity index (χ4n) is 5.66. The van der Waals surface area contributed by atoms with Gasteiger partial charge in [0.05, 0.1) is 0 Å². The largest absolute Gasteiger partial charge is 0.304 e. The molecule has 0 N–H and O–H groups in total. The Bertz CT molecular complexity index is 2160. The molecule has 0 atom stereocenters. The standard InChI is InChI=1S/C25H28N.C17H11N2Se.Ir/c1-17-7-10-22(24-13-18(2)19(3)16-26-24)14-23(17)21-11-8-20(9-12-21)15-25(4,5)6;1-11-6-7-18-9-14(11)15-8-13-12-4-2-3-5-16(12)20-17(13)10-19-15;/h7-9,11-14,16H,15H2,1-6H3;2-8,10H,1H3;/q2*-1;. The molecule has 3 aromatic carbocycles. The molecule has 0 fully saturated rings. The van der Waals surface area contributed by atoms with Crippen molar-refractivity contribution in [1.29, 1.82) is 0 Å². The van der Waals surface area contributed by atoms with Crippen molar-refractivity contribution in [3.8, 4) is 33.6 Å². The van der Waals surface area contributed by atoms with E-state index < -0.39 is 0 Å². The molecule has 4 heterocycles. The maximum Gasteiger partial charge on any atom is 0.0192 e. The van der Waals surface area contributed by atoms with E-state index in [2.05, 4.69) is 148 Å². The zero-order valence-electron chi connectivity index (χ0n) is 28.0. The summed E-state index contributed by atoms with van der Waals surface area (Å²) >= 11 is 0.380. The molecular weight excluding hydrogens is 818 g/mol. The van der Waals surface area contributed by atoms with Crippen LogP contribution in [0.25, 0.3) is 52.9 Å². The molecule has 0 saturated carbocycles. The molecule has 0 unspecified atom stereocenters. The second kappa shape index (κ2) is 14.6. The Kier molecular flexibility index (Phi) is 10.7. The van der Waals surface area contributed by atoms with Crippen LogP contribution in [0.15, 0.2) is 97.5 Å². The first kappa shape index (κ1) is 34.6. The number of rotatable bonds is 4. The Hall–Kier alpha value is -3.72. The van der Waals surface area contributed by atoms with E-state index in [4.69, 9.17) is 0 Å². The van der Waals surface area contributed by atoms with Gasteiger partial charge in [-0.25, -0.2) is 0 Å². The normalized spacial score (nSPS) is 11.2. The molecule has 0 bridgehead atoms. The smallest absolute Gasteiger partial charge is 0.0192 e. The number of aryl methyl sites for hydroxylation is 4. The number of fused-ring (bicyclic) bond motifs is 3. The average Bonchev–Trinajstić information content (AvgIpc) is 3.41. The summed E-state index contributed by atoms with van der Waals surface area (Å²) in [6.45, 7) is 15.3. The van der Waals surface area contributed by atoms with Gasteiger partial charge in [0.2, 0.25) is 0 Å². The van der Waals surface area contributed by atoms with Gasteiger partial charge in [0.15, 0.2) is 0 Å². The maximum absolute atomic E-state index is 4.61. The fraction of sp³-hybridized carbons (Fsp3) is 0.214. The van der Waals surface area contributed by atoms with Gasteiger partial charge in [-0.15, -0.1) is 29.3 Å². The van der Waals surface area contributed by atoms with E-state index in [9.17, 15) is 0 Å². The van der Waals surface area contributed by atoms with E-state index in [1.165, 1.54) is 52.7 Å². The van der Waals surface area contributed by atoms with Crippen molar-refractivity contribution in [3.05, 3.63) is 138 Å². The van der Waals surface area contributed by atoms with Gasteiger partial charge in [-0.2, -0.15) is 0 Å². The molecule has 7 rings (SSSR count). The van der Waals surface area contributed by atoms with Crippen LogP contribution < -0.4 is 0 Å². The Morgan fingerprint density at radius 1 is 0.702 bits per heavy atom. The topological polar surface area (TPSA) is 38.7 Å². The van der Waals surface area contributed by atoms with Crippen molar-refractivity contribution < 1.29 is 20.1 Å². The first-order chi connectivity index (χ1) is 22.1. The summed E-state index contributed by atoms with van der Waals surface area (Å²) in [7, 11) is 0. The van der Waals surface area contributed by atoms with E-state index in [0.717, 1.165) is 34.5 Å². The summed E-state index contributed by atoms with van der Waals surface area (Å²) in [6, 6.07) is 31.6. The Balaban J connectivity index is 0.000000186. The third-order valence-corrected chi connectivity index (χ3v) is 10.6. The minimum absolute atomic E-state index is 0. The number of nitrogens with zero attached hydrogens (tertiary/aromatic N) is 3.